The molecule has 3 aromatic heterocycles. The summed E-state index contributed by atoms with van der Waals surface area (Å²) in [5, 5.41) is 8.34. The second kappa shape index (κ2) is 6.05. The van der Waals surface area contributed by atoms with Crippen molar-refractivity contribution in [2.75, 3.05) is 6.54 Å². The van der Waals surface area contributed by atoms with E-state index < -0.39 is 0 Å². The number of pyridine rings is 1. The maximum absolute atomic E-state index is 13.0. The lowest BCUT2D eigenvalue weighted by Crippen LogP contribution is -2.37. The first kappa shape index (κ1) is 15.2. The van der Waals surface area contributed by atoms with Crippen LogP contribution < -0.4 is 0 Å². The molecule has 8 nitrogen and oxygen atoms in total. The third-order valence-corrected chi connectivity index (χ3v) is 4.97. The van der Waals surface area contributed by atoms with Crippen LogP contribution in [0.15, 0.2) is 28.9 Å². The van der Waals surface area contributed by atoms with Crippen molar-refractivity contribution in [3.05, 3.63) is 47.6 Å². The summed E-state index contributed by atoms with van der Waals surface area (Å²) in [5.41, 5.74) is 1.65. The van der Waals surface area contributed by atoms with Gasteiger partial charge in [0.05, 0.1) is 12.1 Å². The van der Waals surface area contributed by atoms with Crippen molar-refractivity contribution in [2.24, 2.45) is 0 Å². The van der Waals surface area contributed by atoms with Crippen LogP contribution >= 0.6 is 0 Å². The van der Waals surface area contributed by atoms with Gasteiger partial charge in [0, 0.05) is 38.3 Å². The summed E-state index contributed by atoms with van der Waals surface area (Å²) >= 11 is 0. The van der Waals surface area contributed by atoms with Crippen LogP contribution in [0.4, 0.5) is 0 Å². The Morgan fingerprint density at radius 1 is 1.15 bits per heavy atom. The number of carbonyl (C=O) groups excluding carboxylic acids is 1. The number of hydrogen-bond donors (Lipinski definition) is 0. The number of carbonyl (C=O) groups is 1. The van der Waals surface area contributed by atoms with Crippen molar-refractivity contribution in [3.63, 3.8) is 0 Å². The smallest absolute Gasteiger partial charge is 0.292 e. The molecule has 0 saturated heterocycles. The fourth-order valence-corrected chi connectivity index (χ4v) is 3.59. The molecule has 0 spiro atoms. The lowest BCUT2D eigenvalue weighted by atomic mass is 10.1. The molecule has 0 radical (unpaired) electrons. The zero-order valence-electron chi connectivity index (χ0n) is 14.3. The second-order valence-corrected chi connectivity index (χ2v) is 6.66. The van der Waals surface area contributed by atoms with Crippen molar-refractivity contribution in [2.45, 2.75) is 38.8 Å². The van der Waals surface area contributed by atoms with Gasteiger partial charge in [-0.3, -0.25) is 9.78 Å². The van der Waals surface area contributed by atoms with Crippen LogP contribution in [-0.4, -0.2) is 42.1 Å². The minimum Gasteiger partial charge on any atom is -0.441 e. The first-order valence-electron chi connectivity index (χ1n) is 8.90. The quantitative estimate of drug-likeness (QED) is 0.701. The average molecular weight is 350 g/mol. The zero-order chi connectivity index (χ0) is 17.5. The van der Waals surface area contributed by atoms with E-state index in [1.165, 1.54) is 0 Å². The molecule has 2 aliphatic heterocycles. The first-order chi connectivity index (χ1) is 12.8. The van der Waals surface area contributed by atoms with Gasteiger partial charge in [0.1, 0.15) is 17.3 Å². The number of aromatic nitrogens is 5. The monoisotopic (exact) mass is 350 g/mol. The van der Waals surface area contributed by atoms with Crippen molar-refractivity contribution < 1.29 is 9.21 Å². The van der Waals surface area contributed by atoms with E-state index >= 15 is 0 Å². The summed E-state index contributed by atoms with van der Waals surface area (Å²) in [6.07, 6.45) is 7.15. The molecule has 1 amide bonds. The first-order valence-corrected chi connectivity index (χ1v) is 8.90. The predicted molar refractivity (Wildman–Crippen MR) is 91.1 cm³/mol. The molecule has 5 heterocycles. The van der Waals surface area contributed by atoms with Crippen LogP contribution in [0.25, 0.3) is 11.5 Å². The lowest BCUT2D eigenvalue weighted by Gasteiger charge is -2.25. The Bertz CT molecular complexity index is 961. The Kier molecular flexibility index (Phi) is 3.55. The van der Waals surface area contributed by atoms with Crippen LogP contribution in [0.1, 0.15) is 40.7 Å². The summed E-state index contributed by atoms with van der Waals surface area (Å²) in [6, 6.07) is 3.76. The van der Waals surface area contributed by atoms with Crippen LogP contribution in [0, 0.1) is 0 Å². The van der Waals surface area contributed by atoms with Gasteiger partial charge in [-0.25, -0.2) is 4.98 Å². The van der Waals surface area contributed by atoms with E-state index in [-0.39, 0.29) is 5.91 Å². The highest BCUT2D eigenvalue weighted by Crippen LogP contribution is 2.26. The Hall–Kier alpha value is -3.03. The van der Waals surface area contributed by atoms with Crippen molar-refractivity contribution in [1.29, 1.82) is 0 Å². The van der Waals surface area contributed by atoms with E-state index in [0.29, 0.717) is 31.2 Å². The molecule has 0 saturated carbocycles. The Balaban J connectivity index is 1.40. The van der Waals surface area contributed by atoms with Crippen LogP contribution in [0.3, 0.4) is 0 Å². The fourth-order valence-electron chi connectivity index (χ4n) is 3.59. The van der Waals surface area contributed by atoms with E-state index in [9.17, 15) is 4.79 Å². The highest BCUT2D eigenvalue weighted by atomic mass is 16.4. The van der Waals surface area contributed by atoms with E-state index in [0.717, 1.165) is 48.6 Å². The number of hydrogen-bond acceptors (Lipinski definition) is 6. The van der Waals surface area contributed by atoms with E-state index in [1.54, 1.807) is 17.3 Å². The molecule has 0 atom stereocenters. The third-order valence-electron chi connectivity index (χ3n) is 4.97. The summed E-state index contributed by atoms with van der Waals surface area (Å²) in [7, 11) is 0. The van der Waals surface area contributed by atoms with Crippen molar-refractivity contribution in [3.8, 4) is 11.5 Å². The Labute approximate surface area is 149 Å². The molecular formula is C18H18N6O2. The second-order valence-electron chi connectivity index (χ2n) is 6.66. The molecule has 2 aliphatic rings. The molecule has 0 aliphatic carbocycles. The normalized spacial score (nSPS) is 16.2. The highest BCUT2D eigenvalue weighted by molar-refractivity contribution is 5.91. The van der Waals surface area contributed by atoms with Crippen LogP contribution in [0.5, 0.6) is 0 Å². The van der Waals surface area contributed by atoms with Gasteiger partial charge in [0.25, 0.3) is 5.91 Å². The van der Waals surface area contributed by atoms with Gasteiger partial charge in [-0.15, -0.1) is 10.2 Å². The van der Waals surface area contributed by atoms with E-state index in [4.69, 9.17) is 4.42 Å². The number of aryl methyl sites for hydroxylation is 1. The SMILES string of the molecule is O=C(c1nnc2n1CCCC2)N1CCc2oc(-c3cccnc3)nc2C1. The Morgan fingerprint density at radius 2 is 2.12 bits per heavy atom. The van der Waals surface area contributed by atoms with Crippen molar-refractivity contribution >= 4 is 5.91 Å². The molecule has 0 unspecified atom stereocenters. The van der Waals surface area contributed by atoms with Gasteiger partial charge in [-0.2, -0.15) is 0 Å². The minimum absolute atomic E-state index is 0.0813. The summed E-state index contributed by atoms with van der Waals surface area (Å²) in [5.74, 6) is 2.67. The molecule has 0 bridgehead atoms. The maximum Gasteiger partial charge on any atom is 0.292 e. The molecular weight excluding hydrogens is 332 g/mol. The van der Waals surface area contributed by atoms with E-state index in [2.05, 4.69) is 20.2 Å². The number of fused-ring (bicyclic) bond motifs is 2. The standard InChI is InChI=1S/C18H18N6O2/c25-18(16-22-21-15-5-1-2-8-24(15)16)23-9-6-14-13(11-23)20-17(26-14)12-4-3-7-19-10-12/h3-4,7,10H,1-2,5-6,8-9,11H2. The average Bonchev–Trinajstić information content (AvgIpc) is 3.32. The molecule has 3 aromatic rings. The molecule has 0 fully saturated rings. The molecule has 5 rings (SSSR count). The molecule has 132 valence electrons. The number of amides is 1. The summed E-state index contributed by atoms with van der Waals surface area (Å²) < 4.78 is 7.84. The minimum atomic E-state index is -0.0813. The van der Waals surface area contributed by atoms with Crippen LogP contribution in [0.2, 0.25) is 0 Å². The molecule has 26 heavy (non-hydrogen) atoms. The number of nitrogens with zero attached hydrogens (tertiary/aromatic N) is 6. The van der Waals surface area contributed by atoms with Gasteiger partial charge in [0.2, 0.25) is 11.7 Å². The highest BCUT2D eigenvalue weighted by Gasteiger charge is 2.30. The summed E-state index contributed by atoms with van der Waals surface area (Å²) in [4.78, 5) is 23.4. The zero-order valence-corrected chi connectivity index (χ0v) is 14.3. The van der Waals surface area contributed by atoms with Gasteiger partial charge >= 0.3 is 0 Å². The van der Waals surface area contributed by atoms with Crippen molar-refractivity contribution in [1.82, 2.24) is 29.6 Å². The number of oxazole rings is 1. The van der Waals surface area contributed by atoms with Gasteiger partial charge < -0.3 is 13.9 Å². The molecule has 8 heteroatoms. The largest absolute Gasteiger partial charge is 0.441 e. The maximum atomic E-state index is 13.0. The predicted octanol–water partition coefficient (Wildman–Crippen LogP) is 1.86. The van der Waals surface area contributed by atoms with Gasteiger partial charge in [-0.05, 0) is 25.0 Å². The molecule has 0 aromatic carbocycles. The fraction of sp³-hybridized carbons (Fsp3) is 0.389. The Morgan fingerprint density at radius 3 is 3.00 bits per heavy atom. The van der Waals surface area contributed by atoms with Gasteiger partial charge in [-0.1, -0.05) is 0 Å². The summed E-state index contributed by atoms with van der Waals surface area (Å²) in [6.45, 7) is 1.84. The van der Waals surface area contributed by atoms with Crippen LogP contribution in [-0.2, 0) is 25.9 Å². The van der Waals surface area contributed by atoms with Gasteiger partial charge in [0.15, 0.2) is 0 Å². The topological polar surface area (TPSA) is 89.9 Å². The molecule has 0 N–H and O–H groups in total. The number of rotatable bonds is 2. The third kappa shape index (κ3) is 2.49. The van der Waals surface area contributed by atoms with E-state index in [1.807, 2.05) is 16.7 Å². The lowest BCUT2D eigenvalue weighted by molar-refractivity contribution is 0.0709.